The van der Waals surface area contributed by atoms with Gasteiger partial charge < -0.3 is 4.74 Å². The van der Waals surface area contributed by atoms with Gasteiger partial charge in [0.1, 0.15) is 11.8 Å². The van der Waals surface area contributed by atoms with Gasteiger partial charge in [-0.1, -0.05) is 29.8 Å². The first-order valence-corrected chi connectivity index (χ1v) is 8.81. The Balaban J connectivity index is 1.76. The minimum absolute atomic E-state index is 0.307. The van der Waals surface area contributed by atoms with Crippen LogP contribution in [0.3, 0.4) is 0 Å². The Morgan fingerprint density at radius 1 is 1.15 bits per heavy atom. The molecule has 0 unspecified atom stereocenters. The summed E-state index contributed by atoms with van der Waals surface area (Å²) in [7, 11) is 0. The average molecular weight is 369 g/mol. The number of rotatable bonds is 6. The molecule has 6 nitrogen and oxygen atoms in total. The Labute approximate surface area is 156 Å². The molecule has 2 amide bonds. The molecule has 2 rings (SSSR count). The summed E-state index contributed by atoms with van der Waals surface area (Å²) in [4.78, 5) is 24.8. The van der Waals surface area contributed by atoms with E-state index >= 15 is 0 Å². The first-order chi connectivity index (χ1) is 12.5. The molecule has 0 fully saturated rings. The Morgan fingerprint density at radius 3 is 2.54 bits per heavy atom. The number of para-hydroxylation sites is 1. The number of hydrogen-bond donors (Lipinski definition) is 2. The summed E-state index contributed by atoms with van der Waals surface area (Å²) in [5, 5.41) is 8.59. The van der Waals surface area contributed by atoms with E-state index in [1.54, 1.807) is 31.2 Å². The average Bonchev–Trinajstić information content (AvgIpc) is 2.66. The molecule has 1 atom stereocenters. The van der Waals surface area contributed by atoms with Crippen LogP contribution in [0.2, 0.25) is 0 Å². The van der Waals surface area contributed by atoms with Gasteiger partial charge in [0.15, 0.2) is 6.61 Å². The lowest BCUT2D eigenvalue weighted by Crippen LogP contribution is -2.46. The van der Waals surface area contributed by atoms with E-state index in [4.69, 9.17) is 10.00 Å². The van der Waals surface area contributed by atoms with Crippen molar-refractivity contribution >= 4 is 23.6 Å². The number of aryl methyl sites for hydroxylation is 1. The monoisotopic (exact) mass is 369 g/mol. The zero-order valence-corrected chi connectivity index (χ0v) is 15.3. The van der Waals surface area contributed by atoms with Crippen LogP contribution in [-0.4, -0.2) is 23.7 Å². The number of nitriles is 1. The highest BCUT2D eigenvalue weighted by atomic mass is 32.2. The lowest BCUT2D eigenvalue weighted by atomic mass is 10.2. The molecule has 0 saturated carbocycles. The van der Waals surface area contributed by atoms with Crippen molar-refractivity contribution in [2.45, 2.75) is 24.0 Å². The summed E-state index contributed by atoms with van der Waals surface area (Å²) >= 11 is 1.40. The van der Waals surface area contributed by atoms with Crippen LogP contribution in [0.1, 0.15) is 18.1 Å². The molecular weight excluding hydrogens is 350 g/mol. The highest BCUT2D eigenvalue weighted by Gasteiger charge is 2.15. The molecule has 0 radical (unpaired) electrons. The summed E-state index contributed by atoms with van der Waals surface area (Å²) in [5.41, 5.74) is 6.17. The number of nitrogens with zero attached hydrogens (tertiary/aromatic N) is 1. The van der Waals surface area contributed by atoms with Crippen LogP contribution >= 0.6 is 11.8 Å². The Bertz CT molecular complexity index is 816. The summed E-state index contributed by atoms with van der Waals surface area (Å²) in [6, 6.07) is 16.4. The number of carbonyl (C=O) groups excluding carboxylic acids is 2. The van der Waals surface area contributed by atoms with E-state index in [2.05, 4.69) is 10.9 Å². The molecule has 0 heterocycles. The number of amides is 2. The van der Waals surface area contributed by atoms with Crippen LogP contribution < -0.4 is 15.6 Å². The molecule has 7 heteroatoms. The number of benzene rings is 2. The maximum Gasteiger partial charge on any atom is 0.276 e. The summed E-state index contributed by atoms with van der Waals surface area (Å²) in [6.45, 7) is 3.45. The topological polar surface area (TPSA) is 91.2 Å². The number of thioether (sulfide) groups is 1. The lowest BCUT2D eigenvalue weighted by molar-refractivity contribution is -0.129. The lowest BCUT2D eigenvalue weighted by Gasteiger charge is -2.13. The Kier molecular flexibility index (Phi) is 7.06. The first-order valence-electron chi connectivity index (χ1n) is 7.93. The summed E-state index contributed by atoms with van der Waals surface area (Å²) < 4.78 is 5.30. The molecule has 0 aliphatic rings. The third kappa shape index (κ3) is 5.83. The molecule has 0 spiro atoms. The van der Waals surface area contributed by atoms with Gasteiger partial charge in [-0.25, -0.2) is 0 Å². The van der Waals surface area contributed by atoms with E-state index in [1.165, 1.54) is 11.8 Å². The number of hydrogen-bond acceptors (Lipinski definition) is 5. The predicted molar refractivity (Wildman–Crippen MR) is 99.4 cm³/mol. The molecule has 2 aromatic carbocycles. The van der Waals surface area contributed by atoms with Gasteiger partial charge in [0, 0.05) is 4.90 Å². The van der Waals surface area contributed by atoms with Crippen LogP contribution in [0.15, 0.2) is 53.4 Å². The summed E-state index contributed by atoms with van der Waals surface area (Å²) in [5.74, 6) is -0.514. The smallest absolute Gasteiger partial charge is 0.276 e. The van der Waals surface area contributed by atoms with Crippen molar-refractivity contribution in [3.05, 3.63) is 59.7 Å². The van der Waals surface area contributed by atoms with Crippen LogP contribution in [-0.2, 0) is 9.59 Å². The molecular formula is C19H19N3O3S. The fraction of sp³-hybridized carbons (Fsp3) is 0.211. The maximum atomic E-state index is 12.1. The van der Waals surface area contributed by atoms with E-state index in [0.29, 0.717) is 11.3 Å². The van der Waals surface area contributed by atoms with Crippen LogP contribution in [0.25, 0.3) is 0 Å². The molecule has 0 bridgehead atoms. The number of nitrogens with one attached hydrogen (secondary N) is 2. The second-order valence-corrected chi connectivity index (χ2v) is 6.92. The molecule has 134 valence electrons. The fourth-order valence-electron chi connectivity index (χ4n) is 1.97. The van der Waals surface area contributed by atoms with Crippen molar-refractivity contribution in [3.63, 3.8) is 0 Å². The SMILES string of the molecule is Cc1ccc(S[C@@H](C)C(=O)NNC(=O)COc2ccccc2C#N)cc1. The van der Waals surface area contributed by atoms with E-state index < -0.39 is 5.91 Å². The fourth-order valence-corrected chi connectivity index (χ4v) is 2.84. The van der Waals surface area contributed by atoms with Crippen LogP contribution in [0, 0.1) is 18.3 Å². The zero-order chi connectivity index (χ0) is 18.9. The normalized spacial score (nSPS) is 11.1. The third-order valence-electron chi connectivity index (χ3n) is 3.39. The number of ether oxygens (including phenoxy) is 1. The highest BCUT2D eigenvalue weighted by Crippen LogP contribution is 2.23. The predicted octanol–water partition coefficient (Wildman–Crippen LogP) is 2.57. The van der Waals surface area contributed by atoms with Gasteiger partial charge in [-0.2, -0.15) is 5.26 Å². The van der Waals surface area contributed by atoms with E-state index in [0.717, 1.165) is 10.5 Å². The first kappa shape index (κ1) is 19.3. The van der Waals surface area contributed by atoms with Crippen molar-refractivity contribution in [2.24, 2.45) is 0 Å². The molecule has 0 aliphatic heterocycles. The third-order valence-corrected chi connectivity index (χ3v) is 4.51. The van der Waals surface area contributed by atoms with Gasteiger partial charge in [-0.05, 0) is 38.1 Å². The van der Waals surface area contributed by atoms with Crippen molar-refractivity contribution in [2.75, 3.05) is 6.61 Å². The molecule has 0 saturated heterocycles. The Morgan fingerprint density at radius 2 is 1.85 bits per heavy atom. The van der Waals surface area contributed by atoms with Crippen molar-refractivity contribution < 1.29 is 14.3 Å². The Hall–Kier alpha value is -2.98. The number of carbonyl (C=O) groups is 2. The van der Waals surface area contributed by atoms with Gasteiger partial charge in [-0.15, -0.1) is 11.8 Å². The van der Waals surface area contributed by atoms with Crippen LogP contribution in [0.4, 0.5) is 0 Å². The molecule has 0 aliphatic carbocycles. The quantitative estimate of drug-likeness (QED) is 0.603. The van der Waals surface area contributed by atoms with Gasteiger partial charge in [0.2, 0.25) is 0 Å². The second kappa shape index (κ2) is 9.49. The zero-order valence-electron chi connectivity index (χ0n) is 14.5. The van der Waals surface area contributed by atoms with Gasteiger partial charge in [0.05, 0.1) is 10.8 Å². The van der Waals surface area contributed by atoms with Gasteiger partial charge >= 0.3 is 0 Å². The molecule has 26 heavy (non-hydrogen) atoms. The van der Waals surface area contributed by atoms with Gasteiger partial charge in [0.25, 0.3) is 11.8 Å². The van der Waals surface area contributed by atoms with Crippen LogP contribution in [0.5, 0.6) is 5.75 Å². The summed E-state index contributed by atoms with van der Waals surface area (Å²) in [6.07, 6.45) is 0. The number of hydrazine groups is 1. The standard InChI is InChI=1S/C19H19N3O3S/c1-13-7-9-16(10-8-13)26-14(2)19(24)22-21-18(23)12-25-17-6-4-3-5-15(17)11-20/h3-10,14H,12H2,1-2H3,(H,21,23)(H,22,24)/t14-/m0/s1. The highest BCUT2D eigenvalue weighted by molar-refractivity contribution is 8.00. The van der Waals surface area contributed by atoms with E-state index in [1.807, 2.05) is 37.3 Å². The maximum absolute atomic E-state index is 12.1. The largest absolute Gasteiger partial charge is 0.482 e. The molecule has 2 N–H and O–H groups in total. The van der Waals surface area contributed by atoms with Gasteiger partial charge in [-0.3, -0.25) is 20.4 Å². The van der Waals surface area contributed by atoms with Crippen molar-refractivity contribution in [1.29, 1.82) is 5.26 Å². The molecule has 0 aromatic heterocycles. The van der Waals surface area contributed by atoms with Crippen molar-refractivity contribution in [1.82, 2.24) is 10.9 Å². The van der Waals surface area contributed by atoms with Crippen molar-refractivity contribution in [3.8, 4) is 11.8 Å². The molecule has 2 aromatic rings. The van der Waals surface area contributed by atoms with E-state index in [-0.39, 0.29) is 17.8 Å². The second-order valence-electron chi connectivity index (χ2n) is 5.51. The van der Waals surface area contributed by atoms with E-state index in [9.17, 15) is 9.59 Å². The minimum atomic E-state index is -0.515. The minimum Gasteiger partial charge on any atom is -0.482 e.